The SMILES string of the molecule is CCNC(=NCCC1CCN(CC(F)(F)F)CC1)NCCOC.I. The van der Waals surface area contributed by atoms with Crippen molar-refractivity contribution < 1.29 is 17.9 Å². The normalized spacial score (nSPS) is 17.5. The van der Waals surface area contributed by atoms with Gasteiger partial charge in [0.25, 0.3) is 0 Å². The van der Waals surface area contributed by atoms with Gasteiger partial charge in [-0.1, -0.05) is 0 Å². The third kappa shape index (κ3) is 11.3. The number of piperidine rings is 1. The van der Waals surface area contributed by atoms with E-state index in [1.54, 1.807) is 7.11 Å². The molecule has 1 rings (SSSR count). The van der Waals surface area contributed by atoms with E-state index in [-0.39, 0.29) is 24.0 Å². The number of ether oxygens (including phenoxy) is 1. The van der Waals surface area contributed by atoms with Crippen LogP contribution in [0.3, 0.4) is 0 Å². The number of aliphatic imine (C=N–C) groups is 1. The number of hydrogen-bond acceptors (Lipinski definition) is 3. The summed E-state index contributed by atoms with van der Waals surface area (Å²) in [5.74, 6) is 1.23. The van der Waals surface area contributed by atoms with Gasteiger partial charge in [0.05, 0.1) is 13.2 Å². The lowest BCUT2D eigenvalue weighted by molar-refractivity contribution is -0.148. The third-order valence-electron chi connectivity index (χ3n) is 3.86. The predicted octanol–water partition coefficient (Wildman–Crippen LogP) is 2.47. The number of halogens is 4. The molecule has 0 saturated carbocycles. The smallest absolute Gasteiger partial charge is 0.383 e. The zero-order valence-corrected chi connectivity index (χ0v) is 16.8. The molecule has 1 heterocycles. The van der Waals surface area contributed by atoms with E-state index in [0.29, 0.717) is 38.7 Å². The standard InChI is InChI=1S/C15H29F3N4O.HI/c1-3-19-14(21-8-11-23-2)20-7-4-13-5-9-22(10-6-13)12-15(16,17)18;/h13H,3-12H2,1-2H3,(H2,19,20,21);1H. The van der Waals surface area contributed by atoms with Crippen LogP contribution < -0.4 is 10.6 Å². The molecule has 1 fully saturated rings. The topological polar surface area (TPSA) is 48.9 Å². The van der Waals surface area contributed by atoms with Gasteiger partial charge >= 0.3 is 6.18 Å². The Morgan fingerprint density at radius 2 is 1.92 bits per heavy atom. The number of rotatable bonds is 8. The van der Waals surface area contributed by atoms with Crippen molar-refractivity contribution in [2.45, 2.75) is 32.4 Å². The van der Waals surface area contributed by atoms with E-state index in [2.05, 4.69) is 15.6 Å². The number of methoxy groups -OCH3 is 1. The summed E-state index contributed by atoms with van der Waals surface area (Å²) in [6, 6.07) is 0. The van der Waals surface area contributed by atoms with E-state index >= 15 is 0 Å². The second kappa shape index (κ2) is 13.0. The summed E-state index contributed by atoms with van der Waals surface area (Å²) < 4.78 is 42.0. The fraction of sp³-hybridized carbons (Fsp3) is 0.933. The molecule has 0 aromatic carbocycles. The average molecular weight is 466 g/mol. The molecule has 0 bridgehead atoms. The van der Waals surface area contributed by atoms with Gasteiger partial charge in [0.2, 0.25) is 0 Å². The first-order valence-electron chi connectivity index (χ1n) is 8.24. The number of guanidine groups is 1. The predicted molar refractivity (Wildman–Crippen MR) is 101 cm³/mol. The molecule has 1 aliphatic rings. The van der Waals surface area contributed by atoms with Crippen molar-refractivity contribution in [2.75, 3.05) is 53.0 Å². The second-order valence-corrected chi connectivity index (χ2v) is 5.80. The Bertz CT molecular complexity index is 348. The van der Waals surface area contributed by atoms with Gasteiger partial charge in [0.15, 0.2) is 5.96 Å². The van der Waals surface area contributed by atoms with Gasteiger partial charge in [-0.15, -0.1) is 24.0 Å². The van der Waals surface area contributed by atoms with Gasteiger partial charge in [-0.3, -0.25) is 9.89 Å². The Balaban J connectivity index is 0.00000529. The average Bonchev–Trinajstić information content (AvgIpc) is 2.48. The van der Waals surface area contributed by atoms with Crippen molar-refractivity contribution >= 4 is 29.9 Å². The van der Waals surface area contributed by atoms with Crippen LogP contribution in [0.1, 0.15) is 26.2 Å². The minimum absolute atomic E-state index is 0. The Kier molecular flexibility index (Phi) is 12.8. The molecule has 5 nitrogen and oxygen atoms in total. The lowest BCUT2D eigenvalue weighted by atomic mass is 9.93. The van der Waals surface area contributed by atoms with E-state index in [9.17, 15) is 13.2 Å². The van der Waals surface area contributed by atoms with E-state index in [4.69, 9.17) is 4.74 Å². The first-order chi connectivity index (χ1) is 10.9. The van der Waals surface area contributed by atoms with Gasteiger partial charge in [0.1, 0.15) is 0 Å². The summed E-state index contributed by atoms with van der Waals surface area (Å²) in [6.45, 7) is 5.05. The summed E-state index contributed by atoms with van der Waals surface area (Å²) in [7, 11) is 1.65. The lowest BCUT2D eigenvalue weighted by Gasteiger charge is -2.32. The van der Waals surface area contributed by atoms with E-state index in [1.165, 1.54) is 4.90 Å². The van der Waals surface area contributed by atoms with Crippen molar-refractivity contribution in [2.24, 2.45) is 10.9 Å². The number of nitrogens with zero attached hydrogens (tertiary/aromatic N) is 2. The summed E-state index contributed by atoms with van der Waals surface area (Å²) >= 11 is 0. The van der Waals surface area contributed by atoms with Crippen LogP contribution in [0.4, 0.5) is 13.2 Å². The fourth-order valence-electron chi connectivity index (χ4n) is 2.66. The van der Waals surface area contributed by atoms with Crippen LogP contribution in [-0.2, 0) is 4.74 Å². The molecule has 0 unspecified atom stereocenters. The van der Waals surface area contributed by atoms with E-state index in [0.717, 1.165) is 31.8 Å². The molecule has 0 aromatic heterocycles. The molecule has 24 heavy (non-hydrogen) atoms. The first kappa shape index (κ1) is 23.7. The molecular formula is C15H30F3IN4O. The van der Waals surface area contributed by atoms with Crippen molar-refractivity contribution in [1.82, 2.24) is 15.5 Å². The van der Waals surface area contributed by atoms with E-state index in [1.807, 2.05) is 6.92 Å². The Morgan fingerprint density at radius 1 is 1.25 bits per heavy atom. The largest absolute Gasteiger partial charge is 0.401 e. The van der Waals surface area contributed by atoms with Gasteiger partial charge in [-0.05, 0) is 45.2 Å². The highest BCUT2D eigenvalue weighted by Crippen LogP contribution is 2.24. The highest BCUT2D eigenvalue weighted by atomic mass is 127. The highest BCUT2D eigenvalue weighted by molar-refractivity contribution is 14.0. The molecule has 2 N–H and O–H groups in total. The molecule has 0 aliphatic carbocycles. The summed E-state index contributed by atoms with van der Waals surface area (Å²) in [5, 5.41) is 6.33. The lowest BCUT2D eigenvalue weighted by Crippen LogP contribution is -2.40. The molecule has 0 amide bonds. The van der Waals surface area contributed by atoms with Gasteiger partial charge in [0, 0.05) is 26.7 Å². The third-order valence-corrected chi connectivity index (χ3v) is 3.86. The van der Waals surface area contributed by atoms with Crippen LogP contribution in [0.2, 0.25) is 0 Å². The maximum atomic E-state index is 12.3. The fourth-order valence-corrected chi connectivity index (χ4v) is 2.66. The van der Waals surface area contributed by atoms with E-state index < -0.39 is 12.7 Å². The van der Waals surface area contributed by atoms with Crippen molar-refractivity contribution in [3.05, 3.63) is 0 Å². The number of hydrogen-bond donors (Lipinski definition) is 2. The van der Waals surface area contributed by atoms with Gasteiger partial charge in [-0.25, -0.2) is 0 Å². The maximum Gasteiger partial charge on any atom is 0.401 e. The Labute approximate surface area is 159 Å². The zero-order chi connectivity index (χ0) is 17.1. The quantitative estimate of drug-likeness (QED) is 0.250. The molecule has 0 radical (unpaired) electrons. The molecular weight excluding hydrogens is 436 g/mol. The van der Waals surface area contributed by atoms with Crippen LogP contribution in [0, 0.1) is 5.92 Å². The minimum atomic E-state index is -4.09. The van der Waals surface area contributed by atoms with Crippen molar-refractivity contribution in [3.8, 4) is 0 Å². The monoisotopic (exact) mass is 466 g/mol. The summed E-state index contributed by atoms with van der Waals surface area (Å²) in [4.78, 5) is 6.00. The Morgan fingerprint density at radius 3 is 2.46 bits per heavy atom. The van der Waals surface area contributed by atoms with Crippen LogP contribution in [0.5, 0.6) is 0 Å². The first-order valence-corrected chi connectivity index (χ1v) is 8.24. The number of nitrogens with one attached hydrogen (secondary N) is 2. The molecule has 0 aromatic rings. The van der Waals surface area contributed by atoms with Crippen LogP contribution in [-0.4, -0.2) is 70.0 Å². The maximum absolute atomic E-state index is 12.3. The van der Waals surface area contributed by atoms with Crippen LogP contribution in [0.25, 0.3) is 0 Å². The molecule has 144 valence electrons. The molecule has 9 heteroatoms. The van der Waals surface area contributed by atoms with Crippen LogP contribution in [0.15, 0.2) is 4.99 Å². The summed E-state index contributed by atoms with van der Waals surface area (Å²) in [6.07, 6.45) is -1.54. The highest BCUT2D eigenvalue weighted by Gasteiger charge is 2.32. The molecule has 0 atom stereocenters. The molecule has 0 spiro atoms. The van der Waals surface area contributed by atoms with Gasteiger partial charge in [-0.2, -0.15) is 13.2 Å². The van der Waals surface area contributed by atoms with Crippen molar-refractivity contribution in [1.29, 1.82) is 0 Å². The Hall–Kier alpha value is -0.290. The number of alkyl halides is 3. The minimum Gasteiger partial charge on any atom is -0.383 e. The summed E-state index contributed by atoms with van der Waals surface area (Å²) in [5.41, 5.74) is 0. The zero-order valence-electron chi connectivity index (χ0n) is 14.5. The molecule has 1 aliphatic heterocycles. The molecule has 1 saturated heterocycles. The number of likely N-dealkylation sites (tertiary alicyclic amines) is 1. The van der Waals surface area contributed by atoms with Gasteiger partial charge < -0.3 is 15.4 Å². The second-order valence-electron chi connectivity index (χ2n) is 5.80. The van der Waals surface area contributed by atoms with Crippen molar-refractivity contribution in [3.63, 3.8) is 0 Å². The van der Waals surface area contributed by atoms with Crippen LogP contribution >= 0.6 is 24.0 Å².